The van der Waals surface area contributed by atoms with Crippen molar-refractivity contribution in [1.29, 1.82) is 0 Å². The maximum Gasteiger partial charge on any atom is 0.172 e. The predicted octanol–water partition coefficient (Wildman–Crippen LogP) is 4.62. The first-order chi connectivity index (χ1) is 8.08. The van der Waals surface area contributed by atoms with Crippen LogP contribution >= 0.6 is 0 Å². The molecule has 0 amide bonds. The van der Waals surface area contributed by atoms with E-state index in [-0.39, 0.29) is 6.23 Å². The standard InChI is InChI=1S/C13H19NO.C2H6/c1-8(2)10-5-6-11-12(7-10)15-13(14-11)9(3)4;1-2/h5-9,13-14H,1-4H3;1-2H3. The molecular formula is C15H25NO. The van der Waals surface area contributed by atoms with Gasteiger partial charge >= 0.3 is 0 Å². The molecule has 1 N–H and O–H groups in total. The minimum atomic E-state index is 0.127. The second-order valence-electron chi connectivity index (χ2n) is 4.84. The topological polar surface area (TPSA) is 21.3 Å². The molecule has 0 bridgehead atoms. The van der Waals surface area contributed by atoms with Crippen LogP contribution in [0.5, 0.6) is 5.75 Å². The Bertz CT molecular complexity index is 358. The van der Waals surface area contributed by atoms with Gasteiger partial charge in [-0.05, 0) is 23.6 Å². The van der Waals surface area contributed by atoms with Gasteiger partial charge in [-0.2, -0.15) is 0 Å². The average Bonchev–Trinajstić information content (AvgIpc) is 2.74. The van der Waals surface area contributed by atoms with E-state index in [4.69, 9.17) is 4.74 Å². The van der Waals surface area contributed by atoms with Gasteiger partial charge < -0.3 is 10.1 Å². The molecule has 96 valence electrons. The number of hydrogen-bond donors (Lipinski definition) is 1. The molecule has 1 heterocycles. The van der Waals surface area contributed by atoms with E-state index in [1.165, 1.54) is 5.56 Å². The van der Waals surface area contributed by atoms with Gasteiger partial charge in [0, 0.05) is 5.92 Å². The van der Waals surface area contributed by atoms with E-state index in [1.807, 2.05) is 13.8 Å². The number of fused-ring (bicyclic) bond motifs is 1. The molecule has 2 nitrogen and oxygen atoms in total. The van der Waals surface area contributed by atoms with Gasteiger partial charge in [0.15, 0.2) is 6.23 Å². The maximum absolute atomic E-state index is 5.85. The molecule has 17 heavy (non-hydrogen) atoms. The molecule has 0 radical (unpaired) electrons. The summed E-state index contributed by atoms with van der Waals surface area (Å²) in [7, 11) is 0. The fourth-order valence-electron chi connectivity index (χ4n) is 1.74. The van der Waals surface area contributed by atoms with Crippen molar-refractivity contribution in [3.8, 4) is 5.75 Å². The molecule has 1 aliphatic rings. The third kappa shape index (κ3) is 3.15. The van der Waals surface area contributed by atoms with Gasteiger partial charge in [0.1, 0.15) is 5.75 Å². The highest BCUT2D eigenvalue weighted by molar-refractivity contribution is 5.61. The van der Waals surface area contributed by atoms with Crippen molar-refractivity contribution in [3.05, 3.63) is 23.8 Å². The summed E-state index contributed by atoms with van der Waals surface area (Å²) in [5.41, 5.74) is 2.46. The van der Waals surface area contributed by atoms with E-state index in [0.717, 1.165) is 11.4 Å². The summed E-state index contributed by atoms with van der Waals surface area (Å²) in [6.07, 6.45) is 0.127. The molecule has 1 aromatic rings. The summed E-state index contributed by atoms with van der Waals surface area (Å²) >= 11 is 0. The van der Waals surface area contributed by atoms with E-state index in [0.29, 0.717) is 11.8 Å². The Hall–Kier alpha value is -1.18. The molecular weight excluding hydrogens is 210 g/mol. The molecule has 2 rings (SSSR count). The van der Waals surface area contributed by atoms with Crippen molar-refractivity contribution >= 4 is 5.69 Å². The number of anilines is 1. The number of rotatable bonds is 2. The van der Waals surface area contributed by atoms with Crippen LogP contribution < -0.4 is 10.1 Å². The maximum atomic E-state index is 5.85. The lowest BCUT2D eigenvalue weighted by Gasteiger charge is -2.14. The van der Waals surface area contributed by atoms with Crippen LogP contribution in [0.3, 0.4) is 0 Å². The van der Waals surface area contributed by atoms with Crippen LogP contribution in [-0.4, -0.2) is 6.23 Å². The average molecular weight is 235 g/mol. The van der Waals surface area contributed by atoms with Crippen molar-refractivity contribution in [2.45, 2.75) is 53.7 Å². The summed E-state index contributed by atoms with van der Waals surface area (Å²) in [6.45, 7) is 12.7. The smallest absolute Gasteiger partial charge is 0.172 e. The van der Waals surface area contributed by atoms with E-state index in [9.17, 15) is 0 Å². The number of ether oxygens (including phenoxy) is 1. The molecule has 0 saturated heterocycles. The van der Waals surface area contributed by atoms with E-state index in [2.05, 4.69) is 51.2 Å². The SMILES string of the molecule is CC.CC(C)c1ccc2c(c1)OC(C(C)C)N2. The first-order valence-corrected chi connectivity index (χ1v) is 6.65. The van der Waals surface area contributed by atoms with Gasteiger partial charge in [-0.3, -0.25) is 0 Å². The van der Waals surface area contributed by atoms with Gasteiger partial charge in [0.2, 0.25) is 0 Å². The second-order valence-corrected chi connectivity index (χ2v) is 4.84. The van der Waals surface area contributed by atoms with Crippen molar-refractivity contribution < 1.29 is 4.74 Å². The molecule has 0 aromatic heterocycles. The van der Waals surface area contributed by atoms with Gasteiger partial charge in [-0.15, -0.1) is 0 Å². The first-order valence-electron chi connectivity index (χ1n) is 6.65. The van der Waals surface area contributed by atoms with Crippen LogP contribution in [0.2, 0.25) is 0 Å². The second kappa shape index (κ2) is 5.95. The summed E-state index contributed by atoms with van der Waals surface area (Å²) < 4.78 is 5.85. The Balaban J connectivity index is 0.000000686. The highest BCUT2D eigenvalue weighted by Crippen LogP contribution is 2.36. The summed E-state index contributed by atoms with van der Waals surface area (Å²) in [5, 5.41) is 3.38. The van der Waals surface area contributed by atoms with Gasteiger partial charge in [0.05, 0.1) is 5.69 Å². The van der Waals surface area contributed by atoms with Crippen molar-refractivity contribution in [2.24, 2.45) is 5.92 Å². The van der Waals surface area contributed by atoms with Crippen molar-refractivity contribution in [3.63, 3.8) is 0 Å². The zero-order valence-corrected chi connectivity index (χ0v) is 11.9. The van der Waals surface area contributed by atoms with E-state index in [1.54, 1.807) is 0 Å². The lowest BCUT2D eigenvalue weighted by atomic mass is 10.0. The zero-order valence-electron chi connectivity index (χ0n) is 11.9. The minimum absolute atomic E-state index is 0.127. The Morgan fingerprint density at radius 2 is 1.76 bits per heavy atom. The number of hydrogen-bond acceptors (Lipinski definition) is 2. The molecule has 1 aromatic carbocycles. The lowest BCUT2D eigenvalue weighted by Crippen LogP contribution is -2.26. The van der Waals surface area contributed by atoms with Crippen LogP contribution in [0.1, 0.15) is 53.0 Å². The van der Waals surface area contributed by atoms with Gasteiger partial charge in [0.25, 0.3) is 0 Å². The third-order valence-corrected chi connectivity index (χ3v) is 2.83. The van der Waals surface area contributed by atoms with Crippen LogP contribution in [0.15, 0.2) is 18.2 Å². The zero-order chi connectivity index (χ0) is 13.0. The number of nitrogens with one attached hydrogen (secondary N) is 1. The molecule has 1 atom stereocenters. The largest absolute Gasteiger partial charge is 0.468 e. The first kappa shape index (κ1) is 13.9. The van der Waals surface area contributed by atoms with Crippen LogP contribution in [0, 0.1) is 5.92 Å². The summed E-state index contributed by atoms with van der Waals surface area (Å²) in [5.74, 6) is 2.04. The molecule has 1 aliphatic heterocycles. The Kier molecular flexibility index (Phi) is 4.86. The van der Waals surface area contributed by atoms with Crippen LogP contribution in [0.25, 0.3) is 0 Å². The van der Waals surface area contributed by atoms with Crippen molar-refractivity contribution in [1.82, 2.24) is 0 Å². The van der Waals surface area contributed by atoms with E-state index >= 15 is 0 Å². The molecule has 2 heteroatoms. The Morgan fingerprint density at radius 3 is 2.29 bits per heavy atom. The van der Waals surface area contributed by atoms with E-state index < -0.39 is 0 Å². The van der Waals surface area contributed by atoms with Crippen LogP contribution in [-0.2, 0) is 0 Å². The Labute approximate surface area is 105 Å². The van der Waals surface area contributed by atoms with Gasteiger partial charge in [-0.25, -0.2) is 0 Å². The fraction of sp³-hybridized carbons (Fsp3) is 0.600. The Morgan fingerprint density at radius 1 is 1.12 bits per heavy atom. The highest BCUT2D eigenvalue weighted by Gasteiger charge is 2.24. The van der Waals surface area contributed by atoms with Crippen molar-refractivity contribution in [2.75, 3.05) is 5.32 Å². The minimum Gasteiger partial charge on any atom is -0.468 e. The molecule has 1 unspecified atom stereocenters. The monoisotopic (exact) mass is 235 g/mol. The predicted molar refractivity (Wildman–Crippen MR) is 74.8 cm³/mol. The quantitative estimate of drug-likeness (QED) is 0.807. The fourth-order valence-corrected chi connectivity index (χ4v) is 1.74. The summed E-state index contributed by atoms with van der Waals surface area (Å²) in [6, 6.07) is 6.44. The normalized spacial score (nSPS) is 17.1. The molecule has 0 aliphatic carbocycles. The van der Waals surface area contributed by atoms with Crippen LogP contribution in [0.4, 0.5) is 5.69 Å². The number of benzene rings is 1. The molecule has 0 spiro atoms. The lowest BCUT2D eigenvalue weighted by molar-refractivity contribution is 0.199. The highest BCUT2D eigenvalue weighted by atomic mass is 16.5. The summed E-state index contributed by atoms with van der Waals surface area (Å²) in [4.78, 5) is 0. The third-order valence-electron chi connectivity index (χ3n) is 2.83. The molecule has 0 fully saturated rings. The van der Waals surface area contributed by atoms with Gasteiger partial charge in [-0.1, -0.05) is 47.6 Å². The molecule has 0 saturated carbocycles.